The quantitative estimate of drug-likeness (QED) is 0.731. The summed E-state index contributed by atoms with van der Waals surface area (Å²) in [6.07, 6.45) is -0.851. The molecule has 1 atom stereocenters. The number of ether oxygens (including phenoxy) is 1. The highest BCUT2D eigenvalue weighted by Gasteiger charge is 2.13. The number of rotatable bonds is 4. The maximum atomic E-state index is 10.4. The van der Waals surface area contributed by atoms with Gasteiger partial charge in [-0.15, -0.1) is 0 Å². The molecule has 1 aromatic rings. The van der Waals surface area contributed by atoms with E-state index in [-0.39, 0.29) is 6.61 Å². The fourth-order valence-corrected chi connectivity index (χ4v) is 0.656. The van der Waals surface area contributed by atoms with Crippen LogP contribution in [0.1, 0.15) is 18.3 Å². The summed E-state index contributed by atoms with van der Waals surface area (Å²) in [6.45, 7) is 3.26. The van der Waals surface area contributed by atoms with E-state index in [0.29, 0.717) is 11.4 Å². The predicted octanol–water partition coefficient (Wildman–Crippen LogP) is 0.368. The molecule has 1 rings (SSSR count). The largest absolute Gasteiger partial charge is 0.479 e. The van der Waals surface area contributed by atoms with E-state index in [0.717, 1.165) is 0 Å². The number of aliphatic carboxylic acids is 1. The lowest BCUT2D eigenvalue weighted by Crippen LogP contribution is -2.19. The summed E-state index contributed by atoms with van der Waals surface area (Å²) in [4.78, 5) is 10.4. The Morgan fingerprint density at radius 3 is 2.85 bits per heavy atom. The van der Waals surface area contributed by atoms with Gasteiger partial charge in [0.15, 0.2) is 6.10 Å². The van der Waals surface area contributed by atoms with Crippen molar-refractivity contribution in [2.75, 3.05) is 0 Å². The zero-order valence-corrected chi connectivity index (χ0v) is 7.35. The van der Waals surface area contributed by atoms with Crippen molar-refractivity contribution in [1.82, 2.24) is 10.3 Å². The van der Waals surface area contributed by atoms with Gasteiger partial charge in [0.1, 0.15) is 11.4 Å². The zero-order chi connectivity index (χ0) is 9.84. The zero-order valence-electron chi connectivity index (χ0n) is 7.35. The number of hydrogen-bond donors (Lipinski definition) is 1. The SMILES string of the molecule is Cc1nonc1CO[C@H](C)C(=O)O. The fourth-order valence-electron chi connectivity index (χ4n) is 0.656. The normalized spacial score (nSPS) is 12.8. The number of carboxylic acids is 1. The fraction of sp³-hybridized carbons (Fsp3) is 0.571. The third-order valence-electron chi connectivity index (χ3n) is 1.56. The number of carbonyl (C=O) groups is 1. The Hall–Kier alpha value is -1.43. The minimum atomic E-state index is -1.01. The molecule has 0 aliphatic heterocycles. The van der Waals surface area contributed by atoms with Gasteiger partial charge in [0, 0.05) is 0 Å². The molecule has 0 aromatic carbocycles. The molecular weight excluding hydrogens is 176 g/mol. The van der Waals surface area contributed by atoms with Crippen LogP contribution in [0.25, 0.3) is 0 Å². The van der Waals surface area contributed by atoms with Gasteiger partial charge in [-0.05, 0) is 13.8 Å². The smallest absolute Gasteiger partial charge is 0.332 e. The molecule has 1 heterocycles. The van der Waals surface area contributed by atoms with Gasteiger partial charge >= 0.3 is 5.97 Å². The number of aryl methyl sites for hydroxylation is 1. The van der Waals surface area contributed by atoms with Crippen LogP contribution in [0.2, 0.25) is 0 Å². The van der Waals surface area contributed by atoms with Gasteiger partial charge < -0.3 is 9.84 Å². The summed E-state index contributed by atoms with van der Waals surface area (Å²) in [5.41, 5.74) is 1.13. The Kier molecular flexibility index (Phi) is 2.97. The molecule has 0 fully saturated rings. The van der Waals surface area contributed by atoms with Crippen molar-refractivity contribution < 1.29 is 19.3 Å². The van der Waals surface area contributed by atoms with Gasteiger partial charge in [0.25, 0.3) is 0 Å². The molecule has 1 aromatic heterocycles. The molecule has 0 radical (unpaired) electrons. The van der Waals surface area contributed by atoms with E-state index in [2.05, 4.69) is 14.9 Å². The lowest BCUT2D eigenvalue weighted by Gasteiger charge is -2.05. The Morgan fingerprint density at radius 1 is 1.69 bits per heavy atom. The van der Waals surface area contributed by atoms with Crippen molar-refractivity contribution in [2.24, 2.45) is 0 Å². The van der Waals surface area contributed by atoms with Crippen molar-refractivity contribution in [1.29, 1.82) is 0 Å². The minimum Gasteiger partial charge on any atom is -0.479 e. The number of aromatic nitrogens is 2. The molecular formula is C7H10N2O4. The summed E-state index contributed by atoms with van der Waals surface area (Å²) in [7, 11) is 0. The van der Waals surface area contributed by atoms with E-state index in [1.807, 2.05) is 0 Å². The second-order valence-corrected chi connectivity index (χ2v) is 2.59. The summed E-state index contributed by atoms with van der Waals surface area (Å²) in [5, 5.41) is 15.6. The topological polar surface area (TPSA) is 85.5 Å². The Labute approximate surface area is 74.5 Å². The van der Waals surface area contributed by atoms with Crippen LogP contribution >= 0.6 is 0 Å². The summed E-state index contributed by atoms with van der Waals surface area (Å²) >= 11 is 0. The van der Waals surface area contributed by atoms with Gasteiger partial charge in [-0.3, -0.25) is 0 Å². The van der Waals surface area contributed by atoms with Crippen LogP contribution in [0, 0.1) is 6.92 Å². The maximum absolute atomic E-state index is 10.4. The van der Waals surface area contributed by atoms with E-state index < -0.39 is 12.1 Å². The third kappa shape index (κ3) is 2.51. The van der Waals surface area contributed by atoms with Crippen LogP contribution in [0.4, 0.5) is 0 Å². The molecule has 0 amide bonds. The minimum absolute atomic E-state index is 0.100. The van der Waals surface area contributed by atoms with E-state index in [1.165, 1.54) is 6.92 Å². The molecule has 0 spiro atoms. The first-order valence-corrected chi connectivity index (χ1v) is 3.73. The van der Waals surface area contributed by atoms with Crippen molar-refractivity contribution in [3.05, 3.63) is 11.4 Å². The maximum Gasteiger partial charge on any atom is 0.332 e. The van der Waals surface area contributed by atoms with Gasteiger partial charge in [0.05, 0.1) is 6.61 Å². The first-order valence-electron chi connectivity index (χ1n) is 3.73. The second-order valence-electron chi connectivity index (χ2n) is 2.59. The highest BCUT2D eigenvalue weighted by molar-refractivity contribution is 5.71. The molecule has 0 bridgehead atoms. The first kappa shape index (κ1) is 9.66. The van der Waals surface area contributed by atoms with E-state index in [1.54, 1.807) is 6.92 Å². The van der Waals surface area contributed by atoms with Gasteiger partial charge in [-0.25, -0.2) is 9.42 Å². The van der Waals surface area contributed by atoms with Gasteiger partial charge in [-0.1, -0.05) is 10.3 Å². The molecule has 0 aliphatic rings. The van der Waals surface area contributed by atoms with Crippen LogP contribution in [0.5, 0.6) is 0 Å². The Balaban J connectivity index is 2.44. The molecule has 6 nitrogen and oxygen atoms in total. The predicted molar refractivity (Wildman–Crippen MR) is 40.9 cm³/mol. The van der Waals surface area contributed by atoms with Crippen molar-refractivity contribution in [3.63, 3.8) is 0 Å². The standard InChI is InChI=1S/C7H10N2O4/c1-4-6(9-13-8-4)3-12-5(2)7(10)11/h5H,3H2,1-2H3,(H,10,11)/t5-/m1/s1. The third-order valence-corrected chi connectivity index (χ3v) is 1.56. The van der Waals surface area contributed by atoms with Crippen molar-refractivity contribution in [3.8, 4) is 0 Å². The molecule has 6 heteroatoms. The summed E-state index contributed by atoms with van der Waals surface area (Å²) in [5.74, 6) is -1.01. The number of carboxylic acid groups (broad SMARTS) is 1. The van der Waals surface area contributed by atoms with E-state index >= 15 is 0 Å². The average molecular weight is 186 g/mol. The van der Waals surface area contributed by atoms with E-state index in [9.17, 15) is 4.79 Å². The molecule has 0 saturated carbocycles. The van der Waals surface area contributed by atoms with Crippen LogP contribution < -0.4 is 0 Å². The molecule has 1 N–H and O–H groups in total. The number of hydrogen-bond acceptors (Lipinski definition) is 5. The van der Waals surface area contributed by atoms with Gasteiger partial charge in [0.2, 0.25) is 0 Å². The lowest BCUT2D eigenvalue weighted by atomic mass is 10.3. The first-order chi connectivity index (χ1) is 6.11. The highest BCUT2D eigenvalue weighted by atomic mass is 16.6. The van der Waals surface area contributed by atoms with Crippen molar-refractivity contribution >= 4 is 5.97 Å². The number of nitrogens with zero attached hydrogens (tertiary/aromatic N) is 2. The molecule has 72 valence electrons. The molecule has 13 heavy (non-hydrogen) atoms. The molecule has 0 saturated heterocycles. The average Bonchev–Trinajstić information content (AvgIpc) is 2.47. The van der Waals surface area contributed by atoms with E-state index in [4.69, 9.17) is 9.84 Å². The van der Waals surface area contributed by atoms with Crippen LogP contribution in [0.15, 0.2) is 4.63 Å². The highest BCUT2D eigenvalue weighted by Crippen LogP contribution is 2.04. The molecule has 0 aliphatic carbocycles. The van der Waals surface area contributed by atoms with Crippen LogP contribution in [-0.2, 0) is 16.1 Å². The van der Waals surface area contributed by atoms with Crippen molar-refractivity contribution in [2.45, 2.75) is 26.6 Å². The Morgan fingerprint density at radius 2 is 2.38 bits per heavy atom. The van der Waals surface area contributed by atoms with Gasteiger partial charge in [-0.2, -0.15) is 0 Å². The summed E-state index contributed by atoms with van der Waals surface area (Å²) in [6, 6.07) is 0. The lowest BCUT2D eigenvalue weighted by molar-refractivity contribution is -0.150. The monoisotopic (exact) mass is 186 g/mol. The Bertz CT molecular complexity index is 296. The second kappa shape index (κ2) is 3.99. The summed E-state index contributed by atoms with van der Waals surface area (Å²) < 4.78 is 9.38. The van der Waals surface area contributed by atoms with Crippen LogP contribution in [-0.4, -0.2) is 27.5 Å². The molecule has 0 unspecified atom stereocenters. The van der Waals surface area contributed by atoms with Crippen LogP contribution in [0.3, 0.4) is 0 Å².